The first kappa shape index (κ1) is 11.9. The van der Waals surface area contributed by atoms with Crippen molar-refractivity contribution < 1.29 is 0 Å². The summed E-state index contributed by atoms with van der Waals surface area (Å²) in [7, 11) is 0. The van der Waals surface area contributed by atoms with Gasteiger partial charge in [-0.05, 0) is 38.1 Å². The lowest BCUT2D eigenvalue weighted by atomic mass is 10.3. The highest BCUT2D eigenvalue weighted by Crippen LogP contribution is 2.27. The molecule has 1 heteroatoms. The second-order valence-corrected chi connectivity index (χ2v) is 4.59. The van der Waals surface area contributed by atoms with E-state index >= 15 is 0 Å². The van der Waals surface area contributed by atoms with Crippen molar-refractivity contribution in [3.63, 3.8) is 0 Å². The Labute approximate surface area is 96.4 Å². The molecule has 1 rings (SSSR count). The highest BCUT2D eigenvalue weighted by molar-refractivity contribution is 8.03. The van der Waals surface area contributed by atoms with Crippen molar-refractivity contribution in [3.8, 4) is 0 Å². The van der Waals surface area contributed by atoms with Crippen LogP contribution < -0.4 is 0 Å². The van der Waals surface area contributed by atoms with Gasteiger partial charge >= 0.3 is 0 Å². The van der Waals surface area contributed by atoms with Crippen LogP contribution in [0.3, 0.4) is 0 Å². The second kappa shape index (κ2) is 6.31. The van der Waals surface area contributed by atoms with Crippen LogP contribution in [-0.4, -0.2) is 0 Å². The van der Waals surface area contributed by atoms with Crippen LogP contribution in [0.15, 0.2) is 70.5 Å². The van der Waals surface area contributed by atoms with Gasteiger partial charge in [-0.15, -0.1) is 0 Å². The molecule has 15 heavy (non-hydrogen) atoms. The molecule has 78 valence electrons. The van der Waals surface area contributed by atoms with Crippen LogP contribution in [0.5, 0.6) is 0 Å². The number of hydrogen-bond acceptors (Lipinski definition) is 1. The zero-order valence-electron chi connectivity index (χ0n) is 9.23. The van der Waals surface area contributed by atoms with E-state index in [0.29, 0.717) is 0 Å². The molecule has 0 N–H and O–H groups in total. The molecule has 1 aromatic carbocycles. The Morgan fingerprint density at radius 2 is 1.87 bits per heavy atom. The van der Waals surface area contributed by atoms with E-state index in [2.05, 4.69) is 50.8 Å². The fourth-order valence-electron chi connectivity index (χ4n) is 1.14. The standard InChI is InChI=1S/C14H16S/c1-4-8-14(11-12(2)3)15-13-9-6-5-7-10-13/h4-11H,1H2,2-3H3/b14-8+. The smallest absolute Gasteiger partial charge is 0.0122 e. The molecule has 0 aromatic heterocycles. The van der Waals surface area contributed by atoms with Crippen molar-refractivity contribution in [3.05, 3.63) is 65.6 Å². The van der Waals surface area contributed by atoms with Crippen LogP contribution in [0.2, 0.25) is 0 Å². The van der Waals surface area contributed by atoms with Crippen molar-refractivity contribution in [2.45, 2.75) is 18.7 Å². The van der Waals surface area contributed by atoms with Crippen LogP contribution in [0.4, 0.5) is 0 Å². The molecule has 0 saturated heterocycles. The average Bonchev–Trinajstić information content (AvgIpc) is 2.18. The van der Waals surface area contributed by atoms with Gasteiger partial charge in [0.1, 0.15) is 0 Å². The Balaban J connectivity index is 2.81. The number of allylic oxidation sites excluding steroid dienone is 4. The Hall–Kier alpha value is -1.21. The number of hydrogen-bond donors (Lipinski definition) is 0. The van der Waals surface area contributed by atoms with E-state index in [0.717, 1.165) is 0 Å². The van der Waals surface area contributed by atoms with Gasteiger partial charge in [-0.25, -0.2) is 0 Å². The SMILES string of the molecule is C=C/C=C(\C=C(C)C)Sc1ccccc1. The molecule has 0 aliphatic carbocycles. The van der Waals surface area contributed by atoms with E-state index in [1.165, 1.54) is 15.4 Å². The Morgan fingerprint density at radius 3 is 2.40 bits per heavy atom. The third-order valence-electron chi connectivity index (χ3n) is 1.69. The molecule has 0 fully saturated rings. The number of rotatable bonds is 4. The fraction of sp³-hybridized carbons (Fsp3) is 0.143. The molecule has 0 atom stereocenters. The predicted molar refractivity (Wildman–Crippen MR) is 70.0 cm³/mol. The molecule has 0 amide bonds. The normalized spacial score (nSPS) is 10.9. The highest BCUT2D eigenvalue weighted by Gasteiger charge is 1.96. The van der Waals surface area contributed by atoms with Crippen molar-refractivity contribution in [2.75, 3.05) is 0 Å². The summed E-state index contributed by atoms with van der Waals surface area (Å²) in [6.45, 7) is 7.93. The molecule has 0 spiro atoms. The molecular weight excluding hydrogens is 200 g/mol. The minimum Gasteiger partial charge on any atom is -0.0990 e. The van der Waals surface area contributed by atoms with Gasteiger partial charge in [-0.1, -0.05) is 48.2 Å². The van der Waals surface area contributed by atoms with Gasteiger partial charge in [0.25, 0.3) is 0 Å². The first-order chi connectivity index (χ1) is 7.22. The molecule has 0 radical (unpaired) electrons. The Bertz CT molecular complexity index is 368. The Kier molecular flexibility index (Phi) is 4.99. The first-order valence-electron chi connectivity index (χ1n) is 4.93. The van der Waals surface area contributed by atoms with Crippen molar-refractivity contribution >= 4 is 11.8 Å². The molecule has 1 aromatic rings. The van der Waals surface area contributed by atoms with Crippen LogP contribution in [0, 0.1) is 0 Å². The topological polar surface area (TPSA) is 0 Å². The second-order valence-electron chi connectivity index (χ2n) is 3.44. The summed E-state index contributed by atoms with van der Waals surface area (Å²) in [5.41, 5.74) is 1.30. The van der Waals surface area contributed by atoms with Crippen molar-refractivity contribution in [1.82, 2.24) is 0 Å². The maximum atomic E-state index is 3.73. The van der Waals surface area contributed by atoms with Gasteiger partial charge in [-0.3, -0.25) is 0 Å². The Morgan fingerprint density at radius 1 is 1.20 bits per heavy atom. The summed E-state index contributed by atoms with van der Waals surface area (Å²) in [6.07, 6.45) is 6.02. The van der Waals surface area contributed by atoms with Gasteiger partial charge < -0.3 is 0 Å². The van der Waals surface area contributed by atoms with Gasteiger partial charge in [0.05, 0.1) is 0 Å². The van der Waals surface area contributed by atoms with E-state index in [1.54, 1.807) is 11.8 Å². The zero-order valence-corrected chi connectivity index (χ0v) is 10.1. The molecule has 0 saturated carbocycles. The van der Waals surface area contributed by atoms with Crippen LogP contribution in [-0.2, 0) is 0 Å². The average molecular weight is 216 g/mol. The van der Waals surface area contributed by atoms with E-state index < -0.39 is 0 Å². The van der Waals surface area contributed by atoms with E-state index in [4.69, 9.17) is 0 Å². The minimum absolute atomic E-state index is 1.22. The maximum Gasteiger partial charge on any atom is 0.0122 e. The molecule has 0 aliphatic rings. The molecule has 0 unspecified atom stereocenters. The summed E-state index contributed by atoms with van der Waals surface area (Å²) in [5, 5.41) is 0. The lowest BCUT2D eigenvalue weighted by molar-refractivity contribution is 1.39. The van der Waals surface area contributed by atoms with E-state index in [1.807, 2.05) is 18.2 Å². The third-order valence-corrected chi connectivity index (χ3v) is 2.69. The highest BCUT2D eigenvalue weighted by atomic mass is 32.2. The lowest BCUT2D eigenvalue weighted by Crippen LogP contribution is -1.74. The molecule has 0 aliphatic heterocycles. The first-order valence-corrected chi connectivity index (χ1v) is 5.74. The van der Waals surface area contributed by atoms with Gasteiger partial charge in [0, 0.05) is 9.80 Å². The minimum atomic E-state index is 1.22. The van der Waals surface area contributed by atoms with Gasteiger partial charge in [-0.2, -0.15) is 0 Å². The summed E-state index contributed by atoms with van der Waals surface area (Å²) in [6, 6.07) is 10.4. The maximum absolute atomic E-state index is 3.73. The number of thioether (sulfide) groups is 1. The summed E-state index contributed by atoms with van der Waals surface area (Å²) < 4.78 is 0. The van der Waals surface area contributed by atoms with Crippen LogP contribution in [0.1, 0.15) is 13.8 Å². The fourth-order valence-corrected chi connectivity index (χ4v) is 2.16. The van der Waals surface area contributed by atoms with E-state index in [9.17, 15) is 0 Å². The monoisotopic (exact) mass is 216 g/mol. The number of benzene rings is 1. The lowest BCUT2D eigenvalue weighted by Gasteiger charge is -2.02. The quantitative estimate of drug-likeness (QED) is 0.514. The van der Waals surface area contributed by atoms with Gasteiger partial charge in [0.15, 0.2) is 0 Å². The predicted octanol–water partition coefficient (Wildman–Crippen LogP) is 4.81. The largest absolute Gasteiger partial charge is 0.0990 e. The molecule has 0 bridgehead atoms. The third kappa shape index (κ3) is 4.71. The zero-order chi connectivity index (χ0) is 11.1. The molecule has 0 heterocycles. The molecular formula is C14H16S. The van der Waals surface area contributed by atoms with Crippen LogP contribution >= 0.6 is 11.8 Å². The summed E-state index contributed by atoms with van der Waals surface area (Å²) in [4.78, 5) is 2.47. The summed E-state index contributed by atoms with van der Waals surface area (Å²) >= 11 is 1.76. The van der Waals surface area contributed by atoms with Gasteiger partial charge in [0.2, 0.25) is 0 Å². The summed E-state index contributed by atoms with van der Waals surface area (Å²) in [5.74, 6) is 0. The molecule has 0 nitrogen and oxygen atoms in total. The van der Waals surface area contributed by atoms with Crippen LogP contribution in [0.25, 0.3) is 0 Å². The van der Waals surface area contributed by atoms with Crippen molar-refractivity contribution in [2.24, 2.45) is 0 Å². The van der Waals surface area contributed by atoms with E-state index in [-0.39, 0.29) is 0 Å². The van der Waals surface area contributed by atoms with Crippen molar-refractivity contribution in [1.29, 1.82) is 0 Å².